The molecule has 1 amide bonds. The number of amides is 1. The molecule has 1 aliphatic heterocycles. The lowest BCUT2D eigenvalue weighted by atomic mass is 9.92. The molecule has 0 saturated heterocycles. The predicted octanol–water partition coefficient (Wildman–Crippen LogP) is 1.41. The molecule has 0 aliphatic carbocycles. The molecule has 1 aromatic rings. The molecule has 4 heteroatoms. The highest BCUT2D eigenvalue weighted by atomic mass is 16.5. The van der Waals surface area contributed by atoms with E-state index in [0.717, 1.165) is 30.6 Å². The molecular weight excluding hydrogens is 228 g/mol. The Hall–Kier alpha value is -1.55. The summed E-state index contributed by atoms with van der Waals surface area (Å²) in [4.78, 5) is 12.1. The van der Waals surface area contributed by atoms with E-state index in [4.69, 9.17) is 10.5 Å². The molecule has 0 saturated carbocycles. The van der Waals surface area contributed by atoms with Gasteiger partial charge in [0, 0.05) is 12.1 Å². The van der Waals surface area contributed by atoms with Crippen molar-refractivity contribution in [1.29, 1.82) is 0 Å². The van der Waals surface area contributed by atoms with E-state index in [1.54, 1.807) is 0 Å². The number of hydrogen-bond acceptors (Lipinski definition) is 3. The summed E-state index contributed by atoms with van der Waals surface area (Å²) in [6.45, 7) is 1.99. The number of ether oxygens (including phenoxy) is 1. The molecule has 1 aromatic carbocycles. The van der Waals surface area contributed by atoms with Crippen molar-refractivity contribution in [2.45, 2.75) is 25.2 Å². The van der Waals surface area contributed by atoms with Crippen molar-refractivity contribution < 1.29 is 9.53 Å². The molecule has 1 unspecified atom stereocenters. The zero-order chi connectivity index (χ0) is 12.8. The molecule has 98 valence electrons. The van der Waals surface area contributed by atoms with Crippen LogP contribution in [0.3, 0.4) is 0 Å². The Labute approximate surface area is 108 Å². The second kappa shape index (κ2) is 6.40. The van der Waals surface area contributed by atoms with Gasteiger partial charge in [-0.3, -0.25) is 4.79 Å². The van der Waals surface area contributed by atoms with E-state index in [0.29, 0.717) is 19.7 Å². The molecule has 1 atom stereocenters. The Morgan fingerprint density at radius 2 is 2.22 bits per heavy atom. The maximum Gasteiger partial charge on any atom is 0.227 e. The summed E-state index contributed by atoms with van der Waals surface area (Å²) >= 11 is 0. The molecule has 0 fully saturated rings. The average Bonchev–Trinajstić information content (AvgIpc) is 2.43. The van der Waals surface area contributed by atoms with Crippen molar-refractivity contribution in [1.82, 2.24) is 5.32 Å². The van der Waals surface area contributed by atoms with Gasteiger partial charge in [-0.15, -0.1) is 0 Å². The third-order valence-electron chi connectivity index (χ3n) is 3.21. The van der Waals surface area contributed by atoms with E-state index >= 15 is 0 Å². The number of hydrogen-bond donors (Lipinski definition) is 2. The molecule has 0 bridgehead atoms. The summed E-state index contributed by atoms with van der Waals surface area (Å²) < 4.78 is 5.55. The summed E-state index contributed by atoms with van der Waals surface area (Å²) in [7, 11) is 0. The van der Waals surface area contributed by atoms with Gasteiger partial charge in [-0.05, 0) is 31.9 Å². The summed E-state index contributed by atoms with van der Waals surface area (Å²) in [5, 5.41) is 2.98. The van der Waals surface area contributed by atoms with Gasteiger partial charge in [-0.1, -0.05) is 18.2 Å². The number of para-hydroxylation sites is 1. The number of benzene rings is 1. The third kappa shape index (κ3) is 3.01. The first-order valence-corrected chi connectivity index (χ1v) is 6.52. The minimum atomic E-state index is -0.0761. The molecule has 18 heavy (non-hydrogen) atoms. The summed E-state index contributed by atoms with van der Waals surface area (Å²) in [6.07, 6.45) is 2.64. The highest BCUT2D eigenvalue weighted by molar-refractivity contribution is 5.84. The molecule has 2 rings (SSSR count). The van der Waals surface area contributed by atoms with Crippen LogP contribution in [0.2, 0.25) is 0 Å². The van der Waals surface area contributed by atoms with E-state index in [-0.39, 0.29) is 11.8 Å². The van der Waals surface area contributed by atoms with Crippen LogP contribution in [-0.4, -0.2) is 25.6 Å². The monoisotopic (exact) mass is 248 g/mol. The van der Waals surface area contributed by atoms with Gasteiger partial charge in [0.15, 0.2) is 0 Å². The van der Waals surface area contributed by atoms with Crippen LogP contribution < -0.4 is 15.8 Å². The fourth-order valence-electron chi connectivity index (χ4n) is 2.22. The zero-order valence-electron chi connectivity index (χ0n) is 10.5. The minimum Gasteiger partial charge on any atom is -0.493 e. The van der Waals surface area contributed by atoms with Crippen LogP contribution in [0, 0.1) is 0 Å². The third-order valence-corrected chi connectivity index (χ3v) is 3.21. The number of carbonyl (C=O) groups excluding carboxylic acids is 1. The van der Waals surface area contributed by atoms with Gasteiger partial charge in [-0.2, -0.15) is 0 Å². The van der Waals surface area contributed by atoms with Crippen LogP contribution in [0.25, 0.3) is 0 Å². The van der Waals surface area contributed by atoms with Gasteiger partial charge in [0.25, 0.3) is 0 Å². The average molecular weight is 248 g/mol. The van der Waals surface area contributed by atoms with E-state index in [1.807, 2.05) is 24.3 Å². The van der Waals surface area contributed by atoms with Crippen molar-refractivity contribution in [3.63, 3.8) is 0 Å². The molecule has 4 nitrogen and oxygen atoms in total. The number of nitrogens with two attached hydrogens (primary N) is 1. The quantitative estimate of drug-likeness (QED) is 0.774. The number of unbranched alkanes of at least 4 members (excludes halogenated alkanes) is 1. The van der Waals surface area contributed by atoms with E-state index in [2.05, 4.69) is 5.32 Å². The van der Waals surface area contributed by atoms with Crippen molar-refractivity contribution in [3.05, 3.63) is 29.8 Å². The van der Waals surface area contributed by atoms with E-state index in [1.165, 1.54) is 0 Å². The molecule has 0 radical (unpaired) electrons. The minimum absolute atomic E-state index is 0.0761. The summed E-state index contributed by atoms with van der Waals surface area (Å²) in [6, 6.07) is 7.77. The fraction of sp³-hybridized carbons (Fsp3) is 0.500. The molecule has 1 heterocycles. The second-order valence-corrected chi connectivity index (χ2v) is 4.51. The standard InChI is InChI=1S/C14H20N2O2/c15-8-3-4-9-16-14(17)12-7-10-18-13-6-2-1-5-11(12)13/h1-2,5-6,12H,3-4,7-10,15H2,(H,16,17). The van der Waals surface area contributed by atoms with Crippen molar-refractivity contribution in [3.8, 4) is 5.75 Å². The topological polar surface area (TPSA) is 64.3 Å². The Balaban J connectivity index is 1.95. The lowest BCUT2D eigenvalue weighted by Gasteiger charge is -2.25. The number of fused-ring (bicyclic) bond motifs is 1. The Morgan fingerprint density at radius 1 is 1.39 bits per heavy atom. The first-order chi connectivity index (χ1) is 8.83. The first-order valence-electron chi connectivity index (χ1n) is 6.52. The number of nitrogens with one attached hydrogen (secondary N) is 1. The smallest absolute Gasteiger partial charge is 0.227 e. The van der Waals surface area contributed by atoms with Gasteiger partial charge in [0.2, 0.25) is 5.91 Å². The van der Waals surface area contributed by atoms with Crippen LogP contribution in [0.15, 0.2) is 24.3 Å². The largest absolute Gasteiger partial charge is 0.493 e. The van der Waals surface area contributed by atoms with E-state index in [9.17, 15) is 4.79 Å². The molecule has 0 spiro atoms. The second-order valence-electron chi connectivity index (χ2n) is 4.51. The van der Waals surface area contributed by atoms with Gasteiger partial charge < -0.3 is 15.8 Å². The SMILES string of the molecule is NCCCCNC(=O)C1CCOc2ccccc21. The van der Waals surface area contributed by atoms with Crippen LogP contribution >= 0.6 is 0 Å². The maximum absolute atomic E-state index is 12.1. The molecule has 3 N–H and O–H groups in total. The summed E-state index contributed by atoms with van der Waals surface area (Å²) in [5.41, 5.74) is 6.42. The molecule has 0 aromatic heterocycles. The van der Waals surface area contributed by atoms with Gasteiger partial charge in [0.05, 0.1) is 12.5 Å². The Morgan fingerprint density at radius 3 is 3.06 bits per heavy atom. The molecular formula is C14H20N2O2. The van der Waals surface area contributed by atoms with Gasteiger partial charge >= 0.3 is 0 Å². The van der Waals surface area contributed by atoms with Crippen LogP contribution in [0.1, 0.15) is 30.7 Å². The Bertz CT molecular complexity index is 407. The normalized spacial score (nSPS) is 17.7. The lowest BCUT2D eigenvalue weighted by Crippen LogP contribution is -2.33. The summed E-state index contributed by atoms with van der Waals surface area (Å²) in [5.74, 6) is 0.862. The zero-order valence-corrected chi connectivity index (χ0v) is 10.5. The van der Waals surface area contributed by atoms with Gasteiger partial charge in [-0.25, -0.2) is 0 Å². The lowest BCUT2D eigenvalue weighted by molar-refractivity contribution is -0.123. The van der Waals surface area contributed by atoms with Crippen molar-refractivity contribution >= 4 is 5.91 Å². The van der Waals surface area contributed by atoms with Crippen LogP contribution in [0.4, 0.5) is 0 Å². The first kappa shape index (κ1) is 12.9. The van der Waals surface area contributed by atoms with Crippen LogP contribution in [0.5, 0.6) is 5.75 Å². The van der Waals surface area contributed by atoms with Crippen molar-refractivity contribution in [2.24, 2.45) is 5.73 Å². The van der Waals surface area contributed by atoms with Gasteiger partial charge in [0.1, 0.15) is 5.75 Å². The van der Waals surface area contributed by atoms with E-state index < -0.39 is 0 Å². The Kier molecular flexibility index (Phi) is 4.59. The fourth-order valence-corrected chi connectivity index (χ4v) is 2.22. The van der Waals surface area contributed by atoms with Crippen molar-refractivity contribution in [2.75, 3.05) is 19.7 Å². The maximum atomic E-state index is 12.1. The predicted molar refractivity (Wildman–Crippen MR) is 70.6 cm³/mol. The highest BCUT2D eigenvalue weighted by Crippen LogP contribution is 2.33. The highest BCUT2D eigenvalue weighted by Gasteiger charge is 2.26. The van der Waals surface area contributed by atoms with Crippen LogP contribution in [-0.2, 0) is 4.79 Å². The molecule has 1 aliphatic rings. The number of carbonyl (C=O) groups is 1. The number of rotatable bonds is 5.